The van der Waals surface area contributed by atoms with Gasteiger partial charge in [0.2, 0.25) is 0 Å². The number of nitrogens with zero attached hydrogens (tertiary/aromatic N) is 1. The SMILES string of the molecule is CC/C=C\C/C=C\C/C=C\C/C=C\C/C=C\C/C=C\C/C=C\C/C=C\CCCCCCCCCCCCCCCCCCC(=O)OC(COC(=O)CCCCCCCCCCCCCCCCCCC/C=C\C/C=C\C/C=C\C/C=C\C/C=C\C/C=C\C/C=C\CC)COP(=O)([O-])OCC[N+](C)(C)C. The van der Waals surface area contributed by atoms with E-state index in [-0.39, 0.29) is 32.0 Å². The van der Waals surface area contributed by atoms with Gasteiger partial charge in [0, 0.05) is 12.8 Å². The number of ether oxygens (including phenoxy) is 2. The minimum atomic E-state index is -4.66. The maximum atomic E-state index is 12.9. The second kappa shape index (κ2) is 82.2. The molecule has 0 radical (unpaired) electrons. The Bertz CT molecular complexity index is 2420. The van der Waals surface area contributed by atoms with Gasteiger partial charge < -0.3 is 27.9 Å². The summed E-state index contributed by atoms with van der Waals surface area (Å²) in [4.78, 5) is 38.3. The Kier molecular flexibility index (Phi) is 78.3. The van der Waals surface area contributed by atoms with Crippen LogP contribution in [0, 0.1) is 0 Å². The largest absolute Gasteiger partial charge is 0.756 e. The Hall–Kier alpha value is -4.89. The Labute approximate surface area is 641 Å². The van der Waals surface area contributed by atoms with E-state index in [0.29, 0.717) is 17.4 Å². The third-order valence-electron chi connectivity index (χ3n) is 17.9. The van der Waals surface area contributed by atoms with E-state index < -0.39 is 26.5 Å². The summed E-state index contributed by atoms with van der Waals surface area (Å²) in [5, 5.41) is 0. The van der Waals surface area contributed by atoms with Gasteiger partial charge in [0.15, 0.2) is 6.10 Å². The van der Waals surface area contributed by atoms with Gasteiger partial charge in [-0.15, -0.1) is 0 Å². The first-order valence-corrected chi connectivity index (χ1v) is 44.0. The lowest BCUT2D eigenvalue weighted by Gasteiger charge is -2.28. The summed E-state index contributed by atoms with van der Waals surface area (Å²) >= 11 is 0. The van der Waals surface area contributed by atoms with Crippen molar-refractivity contribution in [1.29, 1.82) is 0 Å². The van der Waals surface area contributed by atoms with Crippen molar-refractivity contribution >= 4 is 19.8 Å². The minimum Gasteiger partial charge on any atom is -0.756 e. The van der Waals surface area contributed by atoms with Crippen LogP contribution in [0.1, 0.15) is 348 Å². The number of carbonyl (C=O) groups excluding carboxylic acids is 2. The lowest BCUT2D eigenvalue weighted by molar-refractivity contribution is -0.870. The van der Waals surface area contributed by atoms with Gasteiger partial charge in [-0.2, -0.15) is 0 Å². The van der Waals surface area contributed by atoms with E-state index >= 15 is 0 Å². The molecule has 0 heterocycles. The highest BCUT2D eigenvalue weighted by atomic mass is 31.2. The highest BCUT2D eigenvalue weighted by Gasteiger charge is 2.22. The third kappa shape index (κ3) is 86.0. The van der Waals surface area contributed by atoms with Crippen molar-refractivity contribution < 1.29 is 42.1 Å². The average Bonchev–Trinajstić information content (AvgIpc) is 0.920. The van der Waals surface area contributed by atoms with Crippen molar-refractivity contribution in [1.82, 2.24) is 0 Å². The van der Waals surface area contributed by atoms with Crippen LogP contribution in [0.3, 0.4) is 0 Å². The molecule has 0 aliphatic rings. The molecule has 104 heavy (non-hydrogen) atoms. The zero-order valence-corrected chi connectivity index (χ0v) is 68.6. The van der Waals surface area contributed by atoms with Gasteiger partial charge in [0.05, 0.1) is 27.7 Å². The van der Waals surface area contributed by atoms with Crippen LogP contribution in [-0.2, 0) is 32.7 Å². The molecule has 0 aromatic carbocycles. The lowest BCUT2D eigenvalue weighted by atomic mass is 10.0. The van der Waals surface area contributed by atoms with Crippen LogP contribution in [0.4, 0.5) is 0 Å². The van der Waals surface area contributed by atoms with E-state index in [1.54, 1.807) is 0 Å². The summed E-state index contributed by atoms with van der Waals surface area (Å²) in [6.45, 7) is 4.03. The number of rotatable bonds is 77. The number of carbonyl (C=O) groups is 2. The number of phosphoric ester groups is 1. The smallest absolute Gasteiger partial charge is 0.306 e. The maximum Gasteiger partial charge on any atom is 0.306 e. The molecule has 0 aromatic heterocycles. The van der Waals surface area contributed by atoms with Gasteiger partial charge in [-0.25, -0.2) is 0 Å². The molecule has 10 heteroatoms. The molecule has 0 fully saturated rings. The molecule has 0 bridgehead atoms. The first kappa shape index (κ1) is 99.1. The van der Waals surface area contributed by atoms with Crippen molar-refractivity contribution in [3.63, 3.8) is 0 Å². The molecule has 9 nitrogen and oxygen atoms in total. The van der Waals surface area contributed by atoms with Crippen LogP contribution in [0.25, 0.3) is 0 Å². The first-order chi connectivity index (χ1) is 51.0. The van der Waals surface area contributed by atoms with Crippen molar-refractivity contribution in [2.45, 2.75) is 354 Å². The lowest BCUT2D eigenvalue weighted by Crippen LogP contribution is -2.37. The van der Waals surface area contributed by atoms with E-state index in [4.69, 9.17) is 18.5 Å². The standard InChI is InChI=1S/C94H158NO8P/c1-6-8-10-12-14-16-18-20-22-24-26-28-30-32-34-36-38-40-42-44-46-47-49-51-53-55-57-59-61-63-65-67-69-71-73-75-77-79-81-83-85-87-94(97)103-92(91-102-104(98,99)101-89-88-95(3,4)5)90-100-93(96)86-84-82-80-78-76-74-72-70-68-66-64-62-60-58-56-54-52-50-48-45-43-41-39-37-35-33-31-29-27-25-23-21-19-17-15-13-11-9-7-2/h8-11,14-17,20-23,26-29,32-35,38-41,44-46,48-49,51,92H,6-7,12-13,18-19,24-25,30-31,36-37,42-43,47,50,52-91H2,1-5H3/b10-8-,11-9-,16-14-,17-15-,22-20-,23-21-,28-26-,29-27-,34-32-,35-33-,40-38-,41-39-,46-44-,48-45-,51-49-. The van der Waals surface area contributed by atoms with E-state index in [1.807, 2.05) is 21.1 Å². The van der Waals surface area contributed by atoms with Crippen LogP contribution < -0.4 is 4.89 Å². The van der Waals surface area contributed by atoms with Crippen LogP contribution >= 0.6 is 7.82 Å². The van der Waals surface area contributed by atoms with Gasteiger partial charge >= 0.3 is 11.9 Å². The van der Waals surface area contributed by atoms with Gasteiger partial charge in [-0.05, 0) is 135 Å². The molecule has 0 aliphatic heterocycles. The zero-order chi connectivity index (χ0) is 75.4. The fraction of sp³-hybridized carbons (Fsp3) is 0.660. The van der Waals surface area contributed by atoms with E-state index in [9.17, 15) is 19.0 Å². The average molecular weight is 1460 g/mol. The second-order valence-corrected chi connectivity index (χ2v) is 30.5. The number of hydrogen-bond donors (Lipinski definition) is 0. The number of phosphoric acid groups is 1. The molecule has 0 saturated carbocycles. The van der Waals surface area contributed by atoms with Gasteiger partial charge in [0.1, 0.15) is 19.8 Å². The normalized spacial score (nSPS) is 13.9. The third-order valence-corrected chi connectivity index (χ3v) is 18.9. The van der Waals surface area contributed by atoms with Gasteiger partial charge in [-0.3, -0.25) is 14.2 Å². The summed E-state index contributed by atoms with van der Waals surface area (Å²) in [5.41, 5.74) is 0. The van der Waals surface area contributed by atoms with E-state index in [2.05, 4.69) is 196 Å². The fourth-order valence-corrected chi connectivity index (χ4v) is 12.3. The van der Waals surface area contributed by atoms with Crippen molar-refractivity contribution in [2.75, 3.05) is 47.5 Å². The van der Waals surface area contributed by atoms with E-state index in [0.717, 1.165) is 135 Å². The number of hydrogen-bond acceptors (Lipinski definition) is 8. The molecule has 0 rings (SSSR count). The molecule has 0 saturated heterocycles. The zero-order valence-electron chi connectivity index (χ0n) is 67.7. The van der Waals surface area contributed by atoms with Crippen LogP contribution in [0.2, 0.25) is 0 Å². The Morgan fingerprint density at radius 3 is 0.769 bits per heavy atom. The van der Waals surface area contributed by atoms with Crippen molar-refractivity contribution in [3.8, 4) is 0 Å². The highest BCUT2D eigenvalue weighted by Crippen LogP contribution is 2.38. The molecule has 0 spiro atoms. The topological polar surface area (TPSA) is 111 Å². The molecule has 2 unspecified atom stereocenters. The number of unbranched alkanes of at least 4 members (excludes halogenated alkanes) is 33. The number of esters is 2. The van der Waals surface area contributed by atoms with Crippen molar-refractivity contribution in [3.05, 3.63) is 182 Å². The summed E-state index contributed by atoms with van der Waals surface area (Å²) < 4.78 is 34.5. The predicted molar refractivity (Wildman–Crippen MR) is 452 cm³/mol. The van der Waals surface area contributed by atoms with Crippen LogP contribution in [-0.4, -0.2) is 70.0 Å². The molecule has 0 N–H and O–H groups in total. The molecule has 592 valence electrons. The quantitative estimate of drug-likeness (QED) is 0.0195. The summed E-state index contributed by atoms with van der Waals surface area (Å²) in [5.74, 6) is -0.828. The van der Waals surface area contributed by atoms with Gasteiger partial charge in [-0.1, -0.05) is 382 Å². The summed E-state index contributed by atoms with van der Waals surface area (Å²) in [7, 11) is 1.16. The van der Waals surface area contributed by atoms with Gasteiger partial charge in [0.25, 0.3) is 7.82 Å². The summed E-state index contributed by atoms with van der Waals surface area (Å²) in [6, 6.07) is 0. The fourth-order valence-electron chi connectivity index (χ4n) is 11.5. The maximum absolute atomic E-state index is 12.9. The molecule has 0 amide bonds. The van der Waals surface area contributed by atoms with Crippen LogP contribution in [0.5, 0.6) is 0 Å². The molecule has 0 aliphatic carbocycles. The first-order valence-electron chi connectivity index (χ1n) is 42.5. The number of quaternary nitrogens is 1. The molecule has 0 aromatic rings. The Morgan fingerprint density at radius 2 is 0.519 bits per heavy atom. The van der Waals surface area contributed by atoms with Crippen LogP contribution in [0.15, 0.2) is 182 Å². The Balaban J connectivity index is 3.97. The Morgan fingerprint density at radius 1 is 0.298 bits per heavy atom. The molecular weight excluding hydrogens is 1300 g/mol. The highest BCUT2D eigenvalue weighted by molar-refractivity contribution is 7.45. The van der Waals surface area contributed by atoms with E-state index in [1.165, 1.54) is 180 Å². The van der Waals surface area contributed by atoms with Crippen molar-refractivity contribution in [2.24, 2.45) is 0 Å². The predicted octanol–water partition coefficient (Wildman–Crippen LogP) is 28.3. The second-order valence-electron chi connectivity index (χ2n) is 29.1. The monoisotopic (exact) mass is 1460 g/mol. The molecular formula is C94H158NO8P. The summed E-state index contributed by atoms with van der Waals surface area (Å²) in [6.07, 6.45) is 126. The molecule has 2 atom stereocenters. The number of allylic oxidation sites excluding steroid dienone is 30. The number of likely N-dealkylation sites (N-methyl/N-ethyl adjacent to an activating group) is 1. The minimum absolute atomic E-state index is 0.0357.